The smallest absolute Gasteiger partial charge is 0.150 e. The van der Waals surface area contributed by atoms with E-state index in [1.54, 1.807) is 25.6 Å². The number of hydrogen-bond donors (Lipinski definition) is 0. The van der Waals surface area contributed by atoms with Crippen LogP contribution in [-0.2, 0) is 26.0 Å². The Kier molecular flexibility index (Phi) is 10.6. The number of nitrogens with zero attached hydrogens (tertiary/aromatic N) is 6. The van der Waals surface area contributed by atoms with Crippen LogP contribution in [0.5, 0.6) is 11.5 Å². The summed E-state index contributed by atoms with van der Waals surface area (Å²) in [6, 6.07) is 17.8. The van der Waals surface area contributed by atoms with Crippen molar-refractivity contribution in [2.24, 2.45) is 0 Å². The van der Waals surface area contributed by atoms with Crippen LogP contribution in [0.4, 0.5) is 5.69 Å². The van der Waals surface area contributed by atoms with Gasteiger partial charge < -0.3 is 28.4 Å². The van der Waals surface area contributed by atoms with E-state index in [2.05, 4.69) is 64.3 Å². The number of aromatic nitrogens is 3. The summed E-state index contributed by atoms with van der Waals surface area (Å²) in [5, 5.41) is 10.9. The Labute approximate surface area is 307 Å². The second-order valence-corrected chi connectivity index (χ2v) is 23.1. The van der Waals surface area contributed by atoms with Crippen molar-refractivity contribution >= 4 is 34.6 Å². The number of ether oxygens (including phenoxy) is 4. The summed E-state index contributed by atoms with van der Waals surface area (Å²) in [5.74, 6) is 1.45. The third-order valence-corrected chi connectivity index (χ3v) is 13.8. The molecule has 0 aliphatic carbocycles. The van der Waals surface area contributed by atoms with E-state index >= 15 is 0 Å². The number of hydrogen-bond acceptors (Lipinski definition) is 11. The Morgan fingerprint density at radius 1 is 0.962 bits per heavy atom. The van der Waals surface area contributed by atoms with Crippen LogP contribution in [0.3, 0.4) is 0 Å². The van der Waals surface area contributed by atoms with E-state index in [9.17, 15) is 13.7 Å². The molecule has 0 amide bonds. The monoisotopic (exact) mass is 744 g/mol. The van der Waals surface area contributed by atoms with E-state index in [0.717, 1.165) is 84.7 Å². The first-order chi connectivity index (χ1) is 25.0. The van der Waals surface area contributed by atoms with Crippen molar-refractivity contribution in [1.82, 2.24) is 19.4 Å². The zero-order valence-electron chi connectivity index (χ0n) is 30.5. The van der Waals surface area contributed by atoms with Crippen molar-refractivity contribution in [1.29, 1.82) is 5.26 Å². The molecule has 12 nitrogen and oxygen atoms in total. The molecule has 7 rings (SSSR count). The second kappa shape index (κ2) is 15.2. The van der Waals surface area contributed by atoms with Crippen LogP contribution in [0.2, 0.25) is 25.7 Å². The fraction of sp³-hybridized carbons (Fsp3) is 0.500. The van der Waals surface area contributed by atoms with Crippen LogP contribution < -0.4 is 14.4 Å². The number of fused-ring (bicyclic) bond motifs is 1. The highest BCUT2D eigenvalue weighted by Crippen LogP contribution is 2.38. The minimum atomic E-state index is -3.02. The SMILES string of the molecule is COc1cc(-c2cc3c(-c4ccc(OC5CCS(=O)(=O)CC5)c(C#N)c4)ncnc3n2COCC[Si](C)(C)C)ccc1N1CCN(C2COC2)CC1. The minimum absolute atomic E-state index is 0.0971. The van der Waals surface area contributed by atoms with Crippen molar-refractivity contribution in [3.63, 3.8) is 0 Å². The van der Waals surface area contributed by atoms with Gasteiger partial charge in [0, 0.05) is 57.4 Å². The highest BCUT2D eigenvalue weighted by atomic mass is 32.2. The van der Waals surface area contributed by atoms with Gasteiger partial charge in [-0.1, -0.05) is 25.7 Å². The van der Waals surface area contributed by atoms with Crippen LogP contribution in [-0.4, -0.2) is 113 Å². The molecule has 0 radical (unpaired) electrons. The Balaban J connectivity index is 1.21. The third-order valence-electron chi connectivity index (χ3n) is 10.3. The van der Waals surface area contributed by atoms with E-state index in [0.29, 0.717) is 49.2 Å². The van der Waals surface area contributed by atoms with Crippen LogP contribution in [0.15, 0.2) is 48.8 Å². The highest BCUT2D eigenvalue weighted by molar-refractivity contribution is 7.91. The molecule has 14 heteroatoms. The average Bonchev–Trinajstić information content (AvgIpc) is 3.49. The van der Waals surface area contributed by atoms with Gasteiger partial charge in [-0.2, -0.15) is 5.26 Å². The number of anilines is 1. The van der Waals surface area contributed by atoms with Gasteiger partial charge in [-0.15, -0.1) is 0 Å². The van der Waals surface area contributed by atoms with E-state index in [4.69, 9.17) is 28.9 Å². The van der Waals surface area contributed by atoms with Gasteiger partial charge >= 0.3 is 0 Å². The predicted octanol–water partition coefficient (Wildman–Crippen LogP) is 5.43. The first-order valence-corrected chi connectivity index (χ1v) is 23.6. The van der Waals surface area contributed by atoms with Crippen molar-refractivity contribution in [3.05, 3.63) is 54.4 Å². The van der Waals surface area contributed by atoms with Gasteiger partial charge in [0.2, 0.25) is 0 Å². The first kappa shape index (κ1) is 36.4. The fourth-order valence-electron chi connectivity index (χ4n) is 7.09. The number of sulfone groups is 1. The summed E-state index contributed by atoms with van der Waals surface area (Å²) in [6.07, 6.45) is 2.13. The quantitative estimate of drug-likeness (QED) is 0.136. The summed E-state index contributed by atoms with van der Waals surface area (Å²) in [5.41, 5.74) is 5.52. The number of benzene rings is 2. The van der Waals surface area contributed by atoms with Crippen molar-refractivity contribution in [3.8, 4) is 40.1 Å². The molecule has 0 atom stereocenters. The maximum atomic E-state index is 11.9. The molecule has 0 unspecified atom stereocenters. The van der Waals surface area contributed by atoms with Crippen LogP contribution in [0, 0.1) is 11.3 Å². The van der Waals surface area contributed by atoms with E-state index in [-0.39, 0.29) is 17.6 Å². The molecule has 4 aromatic rings. The van der Waals surface area contributed by atoms with Gasteiger partial charge in [0.15, 0.2) is 9.84 Å². The summed E-state index contributed by atoms with van der Waals surface area (Å²) >= 11 is 0. The minimum Gasteiger partial charge on any atom is -0.495 e. The predicted molar refractivity (Wildman–Crippen MR) is 204 cm³/mol. The Hall–Kier alpha value is -4.00. The molecule has 0 saturated carbocycles. The zero-order valence-corrected chi connectivity index (χ0v) is 32.3. The maximum absolute atomic E-state index is 11.9. The molecular formula is C38H48N6O6SSi. The van der Waals surface area contributed by atoms with E-state index in [1.165, 1.54) is 0 Å². The summed E-state index contributed by atoms with van der Waals surface area (Å²) in [7, 11) is -2.60. The summed E-state index contributed by atoms with van der Waals surface area (Å²) in [6.45, 7) is 13.5. The van der Waals surface area contributed by atoms with E-state index in [1.807, 2.05) is 6.07 Å². The van der Waals surface area contributed by atoms with Gasteiger partial charge in [0.1, 0.15) is 42.4 Å². The van der Waals surface area contributed by atoms with Gasteiger partial charge in [0.25, 0.3) is 0 Å². The summed E-state index contributed by atoms with van der Waals surface area (Å²) < 4.78 is 49.8. The molecule has 0 N–H and O–H groups in total. The molecule has 2 aromatic carbocycles. The van der Waals surface area contributed by atoms with Crippen molar-refractivity contribution in [2.75, 3.05) is 69.5 Å². The molecule has 3 aliphatic heterocycles. The van der Waals surface area contributed by atoms with Gasteiger partial charge in [-0.25, -0.2) is 18.4 Å². The number of piperazine rings is 1. The Morgan fingerprint density at radius 3 is 2.38 bits per heavy atom. The zero-order chi connectivity index (χ0) is 36.5. The van der Waals surface area contributed by atoms with Crippen LogP contribution in [0.25, 0.3) is 33.5 Å². The molecule has 0 bridgehead atoms. The standard InChI is InChI=1S/C38H48N6O6SSi/c1-47-36-20-27(5-7-33(36)43-13-11-42(12-14-43)30-23-49-24-30)34-21-32-37(40-25-41-38(32)44(34)26-48-15-18-52(2,3)4)28-6-8-35(29(19-28)22-39)50-31-9-16-51(45,46)17-10-31/h5-8,19-21,25,30-31H,9-18,23-24,26H2,1-4H3. The lowest BCUT2D eigenvalue weighted by atomic mass is 10.0. The lowest BCUT2D eigenvalue weighted by Gasteiger charge is -2.43. The topological polar surface area (TPSA) is 132 Å². The van der Waals surface area contributed by atoms with Crippen LogP contribution >= 0.6 is 0 Å². The lowest BCUT2D eigenvalue weighted by molar-refractivity contribution is -0.0660. The fourth-order valence-corrected chi connectivity index (χ4v) is 9.30. The molecule has 5 heterocycles. The largest absolute Gasteiger partial charge is 0.495 e. The van der Waals surface area contributed by atoms with Gasteiger partial charge in [-0.3, -0.25) is 4.90 Å². The lowest BCUT2D eigenvalue weighted by Crippen LogP contribution is -2.56. The molecule has 3 saturated heterocycles. The number of methoxy groups -OCH3 is 1. The number of nitriles is 1. The van der Waals surface area contributed by atoms with Crippen LogP contribution in [0.1, 0.15) is 18.4 Å². The molecular weight excluding hydrogens is 697 g/mol. The van der Waals surface area contributed by atoms with Crippen molar-refractivity contribution < 1.29 is 27.4 Å². The third kappa shape index (κ3) is 7.98. The molecule has 276 valence electrons. The first-order valence-electron chi connectivity index (χ1n) is 18.1. The Bertz CT molecular complexity index is 2050. The molecule has 2 aromatic heterocycles. The molecule has 3 aliphatic rings. The molecule has 3 fully saturated rings. The second-order valence-electron chi connectivity index (χ2n) is 15.2. The van der Waals surface area contributed by atoms with E-state index < -0.39 is 17.9 Å². The summed E-state index contributed by atoms with van der Waals surface area (Å²) in [4.78, 5) is 14.4. The molecule has 52 heavy (non-hydrogen) atoms. The Morgan fingerprint density at radius 2 is 1.71 bits per heavy atom. The average molecular weight is 745 g/mol. The van der Waals surface area contributed by atoms with Gasteiger partial charge in [0.05, 0.1) is 60.5 Å². The van der Waals surface area contributed by atoms with Crippen molar-refractivity contribution in [2.45, 2.75) is 57.4 Å². The normalized spacial score (nSPS) is 18.6. The molecule has 0 spiro atoms. The maximum Gasteiger partial charge on any atom is 0.150 e. The number of rotatable bonds is 12. The highest BCUT2D eigenvalue weighted by Gasteiger charge is 2.30. The van der Waals surface area contributed by atoms with Gasteiger partial charge in [-0.05, 0) is 55.3 Å².